The molecule has 0 radical (unpaired) electrons. The lowest BCUT2D eigenvalue weighted by atomic mass is 10.1. The Bertz CT molecular complexity index is 1010. The number of aryl methyl sites for hydroxylation is 2. The van der Waals surface area contributed by atoms with Crippen LogP contribution in [0.25, 0.3) is 6.08 Å². The van der Waals surface area contributed by atoms with E-state index in [-0.39, 0.29) is 23.6 Å². The van der Waals surface area contributed by atoms with E-state index in [1.54, 1.807) is 12.1 Å². The first-order valence-corrected chi connectivity index (χ1v) is 10.9. The molecule has 1 aromatic heterocycles. The number of hydrogen-bond acceptors (Lipinski definition) is 3. The first-order chi connectivity index (χ1) is 14.5. The molecule has 2 aromatic carbocycles. The van der Waals surface area contributed by atoms with Crippen molar-refractivity contribution in [3.05, 3.63) is 99.4 Å². The van der Waals surface area contributed by atoms with E-state index in [0.717, 1.165) is 23.3 Å². The largest absolute Gasteiger partial charge is 0.348 e. The van der Waals surface area contributed by atoms with Gasteiger partial charge in [0.1, 0.15) is 5.70 Å². The van der Waals surface area contributed by atoms with Gasteiger partial charge in [-0.3, -0.25) is 9.59 Å². The Morgan fingerprint density at radius 1 is 1.00 bits per heavy atom. The first kappa shape index (κ1) is 21.5. The number of nitrogens with one attached hydrogen (secondary N) is 2. The zero-order chi connectivity index (χ0) is 21.3. The summed E-state index contributed by atoms with van der Waals surface area (Å²) in [6.07, 6.45) is 3.41. The molecule has 0 saturated carbocycles. The molecule has 4 nitrogen and oxygen atoms in total. The average Bonchev–Trinajstić information content (AvgIpc) is 3.26. The van der Waals surface area contributed by atoms with Gasteiger partial charge in [-0.1, -0.05) is 54.6 Å². The summed E-state index contributed by atoms with van der Waals surface area (Å²) in [6, 6.07) is 21.3. The number of carbonyl (C=O) groups excluding carboxylic acids is 2. The molecule has 0 bridgehead atoms. The number of thiophene rings is 1. The highest BCUT2D eigenvalue weighted by Crippen LogP contribution is 2.14. The maximum Gasteiger partial charge on any atom is 0.268 e. The fourth-order valence-corrected chi connectivity index (χ4v) is 3.75. The lowest BCUT2D eigenvalue weighted by Crippen LogP contribution is -2.39. The fraction of sp³-hybridized carbons (Fsp3) is 0.200. The van der Waals surface area contributed by atoms with Crippen molar-refractivity contribution in [2.24, 2.45) is 0 Å². The molecule has 0 fully saturated rings. The third-order valence-electron chi connectivity index (χ3n) is 4.80. The number of benzene rings is 2. The molecule has 3 aromatic rings. The second-order valence-corrected chi connectivity index (χ2v) is 8.22. The van der Waals surface area contributed by atoms with Gasteiger partial charge < -0.3 is 10.6 Å². The minimum Gasteiger partial charge on any atom is -0.348 e. The predicted molar refractivity (Wildman–Crippen MR) is 123 cm³/mol. The van der Waals surface area contributed by atoms with Crippen LogP contribution in [0.1, 0.15) is 39.7 Å². The highest BCUT2D eigenvalue weighted by Gasteiger charge is 2.17. The van der Waals surface area contributed by atoms with Gasteiger partial charge in [0.05, 0.1) is 0 Å². The van der Waals surface area contributed by atoms with Gasteiger partial charge in [0, 0.05) is 16.5 Å². The van der Waals surface area contributed by atoms with Gasteiger partial charge in [-0.25, -0.2) is 0 Å². The Balaban J connectivity index is 1.69. The minimum atomic E-state index is -0.289. The second-order valence-electron chi connectivity index (χ2n) is 7.24. The topological polar surface area (TPSA) is 58.2 Å². The predicted octanol–water partition coefficient (Wildman–Crippen LogP) is 4.96. The van der Waals surface area contributed by atoms with Crippen molar-refractivity contribution in [3.8, 4) is 0 Å². The van der Waals surface area contributed by atoms with Crippen molar-refractivity contribution in [1.82, 2.24) is 10.6 Å². The fourth-order valence-electron chi connectivity index (χ4n) is 3.09. The monoisotopic (exact) mass is 418 g/mol. The third-order valence-corrected chi connectivity index (χ3v) is 5.62. The SMILES string of the molecule is Cc1ccccc1C(=O)N/C(=C\c1cccs1)C(=O)N[C@H](C)CCc1ccccc1. The molecule has 2 N–H and O–H groups in total. The van der Waals surface area contributed by atoms with E-state index in [2.05, 4.69) is 22.8 Å². The number of carbonyl (C=O) groups is 2. The van der Waals surface area contributed by atoms with Crippen molar-refractivity contribution in [2.45, 2.75) is 32.7 Å². The highest BCUT2D eigenvalue weighted by molar-refractivity contribution is 7.10. The van der Waals surface area contributed by atoms with E-state index in [9.17, 15) is 9.59 Å². The maximum absolute atomic E-state index is 13.0. The van der Waals surface area contributed by atoms with Crippen molar-refractivity contribution in [2.75, 3.05) is 0 Å². The summed E-state index contributed by atoms with van der Waals surface area (Å²) in [7, 11) is 0. The van der Waals surface area contributed by atoms with E-state index < -0.39 is 0 Å². The van der Waals surface area contributed by atoms with Gasteiger partial charge in [-0.05, 0) is 61.4 Å². The van der Waals surface area contributed by atoms with Crippen LogP contribution >= 0.6 is 11.3 Å². The maximum atomic E-state index is 13.0. The van der Waals surface area contributed by atoms with E-state index in [1.807, 2.05) is 67.8 Å². The molecule has 2 amide bonds. The Hall–Kier alpha value is -3.18. The molecule has 154 valence electrons. The Morgan fingerprint density at radius 2 is 1.73 bits per heavy atom. The molecular weight excluding hydrogens is 392 g/mol. The molecule has 5 heteroatoms. The minimum absolute atomic E-state index is 0.0280. The van der Waals surface area contributed by atoms with Crippen LogP contribution in [0.5, 0.6) is 0 Å². The molecule has 0 spiro atoms. The summed E-state index contributed by atoms with van der Waals surface area (Å²) in [5.74, 6) is -0.575. The number of amides is 2. The van der Waals surface area contributed by atoms with Crippen LogP contribution in [0.4, 0.5) is 0 Å². The summed E-state index contributed by atoms with van der Waals surface area (Å²) < 4.78 is 0. The van der Waals surface area contributed by atoms with Crippen LogP contribution in [0.15, 0.2) is 77.8 Å². The molecule has 0 aliphatic rings. The van der Waals surface area contributed by atoms with Crippen molar-refractivity contribution >= 4 is 29.2 Å². The lowest BCUT2D eigenvalue weighted by Gasteiger charge is -2.16. The standard InChI is InChI=1S/C25H26N2O2S/c1-18-9-6-7-13-22(18)24(28)27-23(17-21-12-8-16-30-21)25(29)26-19(2)14-15-20-10-4-3-5-11-20/h3-13,16-17,19H,14-15H2,1-2H3,(H,26,29)(H,27,28)/b23-17-/t19-/m1/s1. The van der Waals surface area contributed by atoms with Gasteiger partial charge in [0.2, 0.25) is 0 Å². The van der Waals surface area contributed by atoms with Gasteiger partial charge in [0.15, 0.2) is 0 Å². The number of hydrogen-bond donors (Lipinski definition) is 2. The molecule has 0 aliphatic heterocycles. The molecular formula is C25H26N2O2S. The lowest BCUT2D eigenvalue weighted by molar-refractivity contribution is -0.118. The van der Waals surface area contributed by atoms with Crippen LogP contribution in [0, 0.1) is 6.92 Å². The van der Waals surface area contributed by atoms with Gasteiger partial charge in [-0.15, -0.1) is 11.3 Å². The molecule has 1 atom stereocenters. The van der Waals surface area contributed by atoms with Crippen molar-refractivity contribution in [1.29, 1.82) is 0 Å². The normalized spacial score (nSPS) is 12.3. The van der Waals surface area contributed by atoms with E-state index in [0.29, 0.717) is 5.56 Å². The van der Waals surface area contributed by atoms with E-state index >= 15 is 0 Å². The van der Waals surface area contributed by atoms with Gasteiger partial charge >= 0.3 is 0 Å². The third kappa shape index (κ3) is 6.16. The molecule has 0 unspecified atom stereocenters. The van der Waals surface area contributed by atoms with Crippen LogP contribution in [0.2, 0.25) is 0 Å². The van der Waals surface area contributed by atoms with Crippen molar-refractivity contribution < 1.29 is 9.59 Å². The summed E-state index contributed by atoms with van der Waals surface area (Å²) in [5.41, 5.74) is 2.90. The molecule has 3 rings (SSSR count). The first-order valence-electron chi connectivity index (χ1n) is 10.00. The van der Waals surface area contributed by atoms with E-state index in [1.165, 1.54) is 16.9 Å². The van der Waals surface area contributed by atoms with Crippen LogP contribution in [-0.2, 0) is 11.2 Å². The smallest absolute Gasteiger partial charge is 0.268 e. The van der Waals surface area contributed by atoms with E-state index in [4.69, 9.17) is 0 Å². The van der Waals surface area contributed by atoms with Crippen LogP contribution in [0.3, 0.4) is 0 Å². The summed E-state index contributed by atoms with van der Waals surface area (Å²) >= 11 is 1.51. The van der Waals surface area contributed by atoms with Crippen LogP contribution in [-0.4, -0.2) is 17.9 Å². The molecule has 0 aliphatic carbocycles. The Kier molecular flexibility index (Phi) is 7.57. The number of rotatable bonds is 8. The molecule has 0 saturated heterocycles. The second kappa shape index (κ2) is 10.6. The summed E-state index contributed by atoms with van der Waals surface area (Å²) in [6.45, 7) is 3.86. The average molecular weight is 419 g/mol. The van der Waals surface area contributed by atoms with Gasteiger partial charge in [-0.2, -0.15) is 0 Å². The molecule has 30 heavy (non-hydrogen) atoms. The van der Waals surface area contributed by atoms with Crippen LogP contribution < -0.4 is 10.6 Å². The zero-order valence-corrected chi connectivity index (χ0v) is 18.0. The van der Waals surface area contributed by atoms with Gasteiger partial charge in [0.25, 0.3) is 11.8 Å². The summed E-state index contributed by atoms with van der Waals surface area (Å²) in [4.78, 5) is 26.6. The quantitative estimate of drug-likeness (QED) is 0.508. The highest BCUT2D eigenvalue weighted by atomic mass is 32.1. The Labute approximate surface area is 181 Å². The molecule has 1 heterocycles. The van der Waals surface area contributed by atoms with Crippen molar-refractivity contribution in [3.63, 3.8) is 0 Å². The zero-order valence-electron chi connectivity index (χ0n) is 17.2. The summed E-state index contributed by atoms with van der Waals surface area (Å²) in [5, 5.41) is 7.76. The Morgan fingerprint density at radius 3 is 2.43 bits per heavy atom.